The molecule has 1 amide bonds. The molecule has 0 aromatic carbocycles. The van der Waals surface area contributed by atoms with Crippen LogP contribution in [0.1, 0.15) is 27.2 Å². The molecule has 1 rings (SSSR count). The second-order valence-corrected chi connectivity index (χ2v) is 4.89. The third kappa shape index (κ3) is 5.38. The summed E-state index contributed by atoms with van der Waals surface area (Å²) in [6, 6.07) is 1.68. The second kappa shape index (κ2) is 5.70. The number of hydrogen-bond acceptors (Lipinski definition) is 2. The lowest BCUT2D eigenvalue weighted by Crippen LogP contribution is -2.42. The molecule has 1 aromatic rings. The van der Waals surface area contributed by atoms with Crippen LogP contribution in [0.15, 0.2) is 18.5 Å². The summed E-state index contributed by atoms with van der Waals surface area (Å²) in [6.07, 6.45) is 3.41. The van der Waals surface area contributed by atoms with Crippen molar-refractivity contribution < 1.29 is 13.9 Å². The molecule has 0 unspecified atom stereocenters. The normalized spacial score (nSPS) is 11.3. The number of nitrogens with one attached hydrogen (secondary N) is 1. The second-order valence-electron chi connectivity index (χ2n) is 4.89. The number of nitrogens with zero attached hydrogens (tertiary/aromatic N) is 1. The number of amides is 1. The van der Waals surface area contributed by atoms with E-state index in [-0.39, 0.29) is 12.2 Å². The van der Waals surface area contributed by atoms with Crippen LogP contribution < -0.4 is 10.1 Å². The first-order chi connectivity index (χ1) is 7.90. The predicted molar refractivity (Wildman–Crippen MR) is 63.9 cm³/mol. The summed E-state index contributed by atoms with van der Waals surface area (Å²) in [4.78, 5) is 11.4. The Morgan fingerprint density at radius 2 is 2.24 bits per heavy atom. The molecule has 0 bridgehead atoms. The molecule has 0 atom stereocenters. The van der Waals surface area contributed by atoms with Crippen molar-refractivity contribution >= 4 is 6.09 Å². The van der Waals surface area contributed by atoms with Gasteiger partial charge in [0.1, 0.15) is 5.75 Å². The fourth-order valence-corrected chi connectivity index (χ4v) is 1.30. The Labute approximate surface area is 101 Å². The number of alkyl halides is 1. The van der Waals surface area contributed by atoms with Crippen molar-refractivity contribution in [1.82, 2.24) is 9.88 Å². The molecule has 4 nitrogen and oxygen atoms in total. The monoisotopic (exact) mass is 242 g/mol. The van der Waals surface area contributed by atoms with E-state index in [1.54, 1.807) is 23.0 Å². The van der Waals surface area contributed by atoms with Crippen LogP contribution in [0.2, 0.25) is 0 Å². The van der Waals surface area contributed by atoms with E-state index >= 15 is 0 Å². The van der Waals surface area contributed by atoms with E-state index in [2.05, 4.69) is 5.32 Å². The molecule has 0 radical (unpaired) electrons. The van der Waals surface area contributed by atoms with E-state index in [1.807, 2.05) is 20.8 Å². The summed E-state index contributed by atoms with van der Waals surface area (Å²) in [6.45, 7) is 5.86. The molecule has 0 aliphatic carbocycles. The molecule has 0 fully saturated rings. The molecule has 0 aliphatic heterocycles. The first-order valence-electron chi connectivity index (χ1n) is 5.62. The van der Waals surface area contributed by atoms with Crippen LogP contribution in [0, 0.1) is 0 Å². The molecular weight excluding hydrogens is 223 g/mol. The van der Waals surface area contributed by atoms with Crippen LogP contribution in [0.4, 0.5) is 9.18 Å². The molecule has 5 heteroatoms. The molecular formula is C12H19FN2O2. The van der Waals surface area contributed by atoms with E-state index in [0.717, 1.165) is 0 Å². The third-order valence-electron chi connectivity index (χ3n) is 1.96. The Morgan fingerprint density at radius 1 is 1.53 bits per heavy atom. The third-order valence-corrected chi connectivity index (χ3v) is 1.96. The lowest BCUT2D eigenvalue weighted by Gasteiger charge is -2.19. The fourth-order valence-electron chi connectivity index (χ4n) is 1.30. The lowest BCUT2D eigenvalue weighted by atomic mass is 10.1. The van der Waals surface area contributed by atoms with Gasteiger partial charge in [-0.15, -0.1) is 0 Å². The van der Waals surface area contributed by atoms with Crippen LogP contribution in [0.3, 0.4) is 0 Å². The number of rotatable bonds is 4. The molecule has 1 aromatic heterocycles. The van der Waals surface area contributed by atoms with Crippen molar-refractivity contribution in [3.63, 3.8) is 0 Å². The zero-order valence-corrected chi connectivity index (χ0v) is 10.5. The van der Waals surface area contributed by atoms with Gasteiger partial charge in [0.05, 0.1) is 6.67 Å². The van der Waals surface area contributed by atoms with Gasteiger partial charge in [0, 0.05) is 24.5 Å². The highest BCUT2D eigenvalue weighted by Crippen LogP contribution is 2.12. The SMILES string of the molecule is CC(C)(C)NC(=O)Oc1ccn(CCCF)c1. The summed E-state index contributed by atoms with van der Waals surface area (Å²) in [5.74, 6) is 0.464. The summed E-state index contributed by atoms with van der Waals surface area (Å²) in [7, 11) is 0. The minimum atomic E-state index is -0.485. The number of ether oxygens (including phenoxy) is 1. The summed E-state index contributed by atoms with van der Waals surface area (Å²) in [5, 5.41) is 2.69. The number of halogens is 1. The molecule has 0 saturated heterocycles. The Morgan fingerprint density at radius 3 is 2.82 bits per heavy atom. The van der Waals surface area contributed by atoms with Gasteiger partial charge in [-0.25, -0.2) is 4.79 Å². The van der Waals surface area contributed by atoms with E-state index in [9.17, 15) is 9.18 Å². The zero-order valence-electron chi connectivity index (χ0n) is 10.5. The predicted octanol–water partition coefficient (Wildman–Crippen LogP) is 2.73. The first-order valence-corrected chi connectivity index (χ1v) is 5.62. The number of hydrogen-bond donors (Lipinski definition) is 1. The molecule has 1 heterocycles. The smallest absolute Gasteiger partial charge is 0.409 e. The maximum atomic E-state index is 12.0. The highest BCUT2D eigenvalue weighted by atomic mass is 19.1. The first kappa shape index (κ1) is 13.5. The highest BCUT2D eigenvalue weighted by molar-refractivity contribution is 5.71. The van der Waals surface area contributed by atoms with Gasteiger partial charge in [0.25, 0.3) is 0 Å². The van der Waals surface area contributed by atoms with Crippen LogP contribution in [-0.4, -0.2) is 22.9 Å². The zero-order chi connectivity index (χ0) is 12.9. The highest BCUT2D eigenvalue weighted by Gasteiger charge is 2.15. The number of aryl methyl sites for hydroxylation is 1. The van der Waals surface area contributed by atoms with E-state index in [0.29, 0.717) is 18.7 Å². The van der Waals surface area contributed by atoms with Crippen molar-refractivity contribution in [3.05, 3.63) is 18.5 Å². The Balaban J connectivity index is 2.46. The summed E-state index contributed by atoms with van der Waals surface area (Å²) in [5.41, 5.74) is -0.326. The van der Waals surface area contributed by atoms with Crippen molar-refractivity contribution in [1.29, 1.82) is 0 Å². The van der Waals surface area contributed by atoms with E-state index in [1.165, 1.54) is 0 Å². The topological polar surface area (TPSA) is 43.3 Å². The van der Waals surface area contributed by atoms with Crippen molar-refractivity contribution in [3.8, 4) is 5.75 Å². The minimum Gasteiger partial charge on any atom is -0.409 e. The van der Waals surface area contributed by atoms with Gasteiger partial charge in [-0.1, -0.05) is 0 Å². The average molecular weight is 242 g/mol. The quantitative estimate of drug-likeness (QED) is 0.882. The fraction of sp³-hybridized carbons (Fsp3) is 0.583. The molecule has 0 spiro atoms. The molecule has 17 heavy (non-hydrogen) atoms. The number of carbonyl (C=O) groups excluding carboxylic acids is 1. The number of carbonyl (C=O) groups is 1. The molecule has 0 saturated carbocycles. The van der Waals surface area contributed by atoms with Crippen molar-refractivity contribution in [2.75, 3.05) is 6.67 Å². The number of aromatic nitrogens is 1. The van der Waals surface area contributed by atoms with Crippen LogP contribution >= 0.6 is 0 Å². The van der Waals surface area contributed by atoms with Gasteiger partial charge in [-0.05, 0) is 33.3 Å². The van der Waals surface area contributed by atoms with Gasteiger partial charge < -0.3 is 14.6 Å². The van der Waals surface area contributed by atoms with Crippen LogP contribution in [0.25, 0.3) is 0 Å². The van der Waals surface area contributed by atoms with Crippen LogP contribution in [-0.2, 0) is 6.54 Å². The molecule has 0 aliphatic rings. The Hall–Kier alpha value is -1.52. The molecule has 96 valence electrons. The van der Waals surface area contributed by atoms with E-state index < -0.39 is 6.09 Å². The Kier molecular flexibility index (Phi) is 4.54. The van der Waals surface area contributed by atoms with Crippen molar-refractivity contribution in [2.24, 2.45) is 0 Å². The van der Waals surface area contributed by atoms with Crippen LogP contribution in [0.5, 0.6) is 5.75 Å². The largest absolute Gasteiger partial charge is 0.413 e. The van der Waals surface area contributed by atoms with Gasteiger partial charge in [-0.2, -0.15) is 0 Å². The van der Waals surface area contributed by atoms with E-state index in [4.69, 9.17) is 4.74 Å². The summed E-state index contributed by atoms with van der Waals surface area (Å²) < 4.78 is 18.9. The van der Waals surface area contributed by atoms with Gasteiger partial charge >= 0.3 is 6.09 Å². The lowest BCUT2D eigenvalue weighted by molar-refractivity contribution is 0.190. The summed E-state index contributed by atoms with van der Waals surface area (Å²) >= 11 is 0. The van der Waals surface area contributed by atoms with Gasteiger partial charge in [0.2, 0.25) is 0 Å². The average Bonchev–Trinajstić information content (AvgIpc) is 2.59. The minimum absolute atomic E-state index is 0.326. The standard InChI is InChI=1S/C12H19FN2O2/c1-12(2,3)14-11(16)17-10-5-8-15(9-10)7-4-6-13/h5,8-9H,4,6-7H2,1-3H3,(H,14,16). The maximum absolute atomic E-state index is 12.0. The molecule has 1 N–H and O–H groups in total. The Bertz CT molecular complexity index is 369. The maximum Gasteiger partial charge on any atom is 0.413 e. The van der Waals surface area contributed by atoms with Gasteiger partial charge in [-0.3, -0.25) is 4.39 Å². The van der Waals surface area contributed by atoms with Gasteiger partial charge in [0.15, 0.2) is 0 Å². The van der Waals surface area contributed by atoms with Crippen molar-refractivity contribution in [2.45, 2.75) is 39.3 Å².